The van der Waals surface area contributed by atoms with Crippen LogP contribution in [0.3, 0.4) is 0 Å². The lowest BCUT2D eigenvalue weighted by Crippen LogP contribution is -2.50. The Morgan fingerprint density at radius 1 is 1.18 bits per heavy atom. The number of piperazine rings is 1. The Hall–Kier alpha value is -1.97. The highest BCUT2D eigenvalue weighted by molar-refractivity contribution is 6.83. The van der Waals surface area contributed by atoms with Crippen LogP contribution >= 0.6 is 0 Å². The summed E-state index contributed by atoms with van der Waals surface area (Å²) in [6.07, 6.45) is -0.235. The maximum atomic E-state index is 12.3. The number of benzene rings is 1. The van der Waals surface area contributed by atoms with Crippen molar-refractivity contribution in [1.82, 2.24) is 4.90 Å². The van der Waals surface area contributed by atoms with Crippen LogP contribution < -0.4 is 10.6 Å². The summed E-state index contributed by atoms with van der Waals surface area (Å²) in [5, 5.41) is 0. The number of carbonyl (C=O) groups excluding carboxylic acids is 1. The minimum atomic E-state index is -1.44. The molecule has 1 aromatic carbocycles. The van der Waals surface area contributed by atoms with E-state index in [1.807, 2.05) is 20.8 Å². The summed E-state index contributed by atoms with van der Waals surface area (Å²) in [7, 11) is -1.44. The fourth-order valence-corrected chi connectivity index (χ4v) is 3.61. The molecule has 1 fully saturated rings. The van der Waals surface area contributed by atoms with Gasteiger partial charge in [0.1, 0.15) is 13.7 Å². The molecule has 1 heterocycles. The highest BCUT2D eigenvalue weighted by Crippen LogP contribution is 2.27. The van der Waals surface area contributed by atoms with Crippen molar-refractivity contribution in [1.29, 1.82) is 0 Å². The Balaban J connectivity index is 2.19. The Morgan fingerprint density at radius 3 is 2.29 bits per heavy atom. The van der Waals surface area contributed by atoms with Gasteiger partial charge in [-0.05, 0) is 51.0 Å². The van der Waals surface area contributed by atoms with Gasteiger partial charge in [-0.3, -0.25) is 0 Å². The molecule has 5 nitrogen and oxygen atoms in total. The van der Waals surface area contributed by atoms with E-state index in [1.54, 1.807) is 4.90 Å². The molecule has 2 rings (SSSR count). The number of hydrogen-bond donors (Lipinski definition) is 1. The van der Waals surface area contributed by atoms with Crippen molar-refractivity contribution in [2.45, 2.75) is 59.5 Å². The molecule has 1 aliphatic heterocycles. The molecule has 0 bridgehead atoms. The smallest absolute Gasteiger partial charge is 0.410 e. The minimum absolute atomic E-state index is 0.235. The largest absolute Gasteiger partial charge is 0.444 e. The summed E-state index contributed by atoms with van der Waals surface area (Å²) < 4.78 is 5.50. The van der Waals surface area contributed by atoms with E-state index in [9.17, 15) is 4.79 Å². The van der Waals surface area contributed by atoms with Crippen LogP contribution in [-0.4, -0.2) is 50.8 Å². The number of hydrogen-bond acceptors (Lipinski definition) is 4. The highest BCUT2D eigenvalue weighted by atomic mass is 28.3. The molecular formula is C22H35N3O2Si. The minimum Gasteiger partial charge on any atom is -0.444 e. The Morgan fingerprint density at radius 2 is 1.79 bits per heavy atom. The normalized spacial score (nSPS) is 15.1. The predicted molar refractivity (Wildman–Crippen MR) is 119 cm³/mol. The molecule has 0 aliphatic carbocycles. The molecule has 154 valence electrons. The Kier molecular flexibility index (Phi) is 6.84. The third-order valence-corrected chi connectivity index (χ3v) is 5.44. The zero-order valence-electron chi connectivity index (χ0n) is 18.5. The molecule has 1 aliphatic rings. The fourth-order valence-electron chi connectivity index (χ4n) is 3.09. The number of carbonyl (C=O) groups is 1. The van der Waals surface area contributed by atoms with E-state index in [2.05, 4.69) is 55.1 Å². The molecule has 0 unspecified atom stereocenters. The summed E-state index contributed by atoms with van der Waals surface area (Å²) in [4.78, 5) is 16.4. The Bertz CT molecular complexity index is 774. The molecular weight excluding hydrogens is 366 g/mol. The summed E-state index contributed by atoms with van der Waals surface area (Å²) in [5.74, 6) is 3.36. The highest BCUT2D eigenvalue weighted by Gasteiger charge is 2.26. The molecule has 0 atom stereocenters. The molecule has 28 heavy (non-hydrogen) atoms. The van der Waals surface area contributed by atoms with E-state index in [-0.39, 0.29) is 6.09 Å². The molecule has 6 heteroatoms. The van der Waals surface area contributed by atoms with Crippen molar-refractivity contribution >= 4 is 19.9 Å². The molecule has 1 aromatic rings. The molecule has 1 amide bonds. The third-order valence-electron chi connectivity index (χ3n) is 4.56. The van der Waals surface area contributed by atoms with Crippen molar-refractivity contribution in [3.63, 3.8) is 0 Å². The maximum absolute atomic E-state index is 12.3. The summed E-state index contributed by atoms with van der Waals surface area (Å²) in [6, 6.07) is 4.29. The molecule has 0 aromatic heterocycles. The quantitative estimate of drug-likeness (QED) is 0.606. The van der Waals surface area contributed by atoms with Gasteiger partial charge in [0.2, 0.25) is 0 Å². The first kappa shape index (κ1) is 22.3. The van der Waals surface area contributed by atoms with Gasteiger partial charge in [-0.1, -0.05) is 25.6 Å². The van der Waals surface area contributed by atoms with E-state index in [0.29, 0.717) is 19.6 Å². The standard InChI is InChI=1S/C22H35N3O2Si/c1-17-19(16-23)14-18(8-13-28(5,6)7)15-20(17)24-9-11-25(12-10-24)21(26)27-22(2,3)4/h14-15H,9-12,16,23H2,1-7H3. The van der Waals surface area contributed by atoms with Gasteiger partial charge in [-0.25, -0.2) is 4.79 Å². The Labute approximate surface area is 171 Å². The second kappa shape index (κ2) is 8.58. The number of nitrogens with two attached hydrogens (primary N) is 1. The third kappa shape index (κ3) is 6.28. The molecule has 0 spiro atoms. The van der Waals surface area contributed by atoms with E-state index in [4.69, 9.17) is 10.5 Å². The molecule has 0 saturated carbocycles. The van der Waals surface area contributed by atoms with Gasteiger partial charge in [-0.2, -0.15) is 0 Å². The average molecular weight is 402 g/mol. The monoisotopic (exact) mass is 401 g/mol. The lowest BCUT2D eigenvalue weighted by atomic mass is 10.0. The fraction of sp³-hybridized carbons (Fsp3) is 0.591. The first-order valence-electron chi connectivity index (χ1n) is 9.99. The van der Waals surface area contributed by atoms with Gasteiger partial charge in [0.05, 0.1) is 0 Å². The zero-order valence-corrected chi connectivity index (χ0v) is 19.5. The van der Waals surface area contributed by atoms with E-state index >= 15 is 0 Å². The summed E-state index contributed by atoms with van der Waals surface area (Å²) >= 11 is 0. The average Bonchev–Trinajstić information content (AvgIpc) is 2.59. The SMILES string of the molecule is Cc1c(CN)cc(C#C[Si](C)(C)C)cc1N1CCN(C(=O)OC(C)(C)C)CC1. The van der Waals surface area contributed by atoms with Crippen LogP contribution in [0.15, 0.2) is 12.1 Å². The van der Waals surface area contributed by atoms with Crippen LogP contribution in [0.1, 0.15) is 37.5 Å². The van der Waals surface area contributed by atoms with Crippen LogP contribution in [0, 0.1) is 18.4 Å². The number of anilines is 1. The zero-order chi connectivity index (χ0) is 21.1. The lowest BCUT2D eigenvalue weighted by molar-refractivity contribution is 0.0240. The molecule has 1 saturated heterocycles. The van der Waals surface area contributed by atoms with E-state index in [0.717, 1.165) is 24.2 Å². The van der Waals surface area contributed by atoms with Gasteiger partial charge in [0, 0.05) is 44.0 Å². The van der Waals surface area contributed by atoms with Gasteiger partial charge >= 0.3 is 6.09 Å². The van der Waals surface area contributed by atoms with Crippen molar-refractivity contribution in [2.75, 3.05) is 31.1 Å². The maximum Gasteiger partial charge on any atom is 0.410 e. The summed E-state index contributed by atoms with van der Waals surface area (Å²) in [6.45, 7) is 17.9. The van der Waals surface area contributed by atoms with Crippen LogP contribution in [0.2, 0.25) is 19.6 Å². The van der Waals surface area contributed by atoms with Crippen LogP contribution in [0.25, 0.3) is 0 Å². The van der Waals surface area contributed by atoms with Crippen LogP contribution in [0.4, 0.5) is 10.5 Å². The second-order valence-electron chi connectivity index (χ2n) is 9.44. The lowest BCUT2D eigenvalue weighted by Gasteiger charge is -2.37. The second-order valence-corrected chi connectivity index (χ2v) is 14.2. The first-order valence-corrected chi connectivity index (χ1v) is 13.5. The van der Waals surface area contributed by atoms with E-state index < -0.39 is 13.7 Å². The van der Waals surface area contributed by atoms with E-state index in [1.165, 1.54) is 11.3 Å². The predicted octanol–water partition coefficient (Wildman–Crippen LogP) is 3.74. The van der Waals surface area contributed by atoms with Crippen molar-refractivity contribution in [2.24, 2.45) is 5.73 Å². The first-order chi connectivity index (χ1) is 12.9. The topological polar surface area (TPSA) is 58.8 Å². The number of nitrogens with zero attached hydrogens (tertiary/aromatic N) is 2. The van der Waals surface area contributed by atoms with Gasteiger partial charge in [0.15, 0.2) is 0 Å². The van der Waals surface area contributed by atoms with Gasteiger partial charge in [0.25, 0.3) is 0 Å². The number of amides is 1. The number of rotatable bonds is 2. The van der Waals surface area contributed by atoms with Crippen LogP contribution in [0.5, 0.6) is 0 Å². The van der Waals surface area contributed by atoms with Crippen molar-refractivity contribution in [3.8, 4) is 11.5 Å². The van der Waals surface area contributed by atoms with Crippen LogP contribution in [-0.2, 0) is 11.3 Å². The number of ether oxygens (including phenoxy) is 1. The molecule has 2 N–H and O–H groups in total. The van der Waals surface area contributed by atoms with Gasteiger partial charge in [-0.15, -0.1) is 5.54 Å². The summed E-state index contributed by atoms with van der Waals surface area (Å²) in [5.41, 5.74) is 13.5. The molecule has 0 radical (unpaired) electrons. The van der Waals surface area contributed by atoms with Gasteiger partial charge < -0.3 is 20.3 Å². The van der Waals surface area contributed by atoms with Crippen molar-refractivity contribution < 1.29 is 9.53 Å². The van der Waals surface area contributed by atoms with Crippen molar-refractivity contribution in [3.05, 3.63) is 28.8 Å².